The minimum absolute atomic E-state index is 0.100. The number of carbonyl (C=O) groups excluding carboxylic acids is 1. The molecule has 0 unspecified atom stereocenters. The van der Waals surface area contributed by atoms with Crippen molar-refractivity contribution in [1.29, 1.82) is 0 Å². The molecule has 1 aromatic carbocycles. The molecule has 0 atom stereocenters. The second-order valence-electron chi connectivity index (χ2n) is 4.58. The maximum absolute atomic E-state index is 11.8. The van der Waals surface area contributed by atoms with Gasteiger partial charge in [0.05, 0.1) is 5.75 Å². The Balaban J connectivity index is 1.56. The largest absolute Gasteiger partial charge is 0.508 e. The number of benzene rings is 1. The highest BCUT2D eigenvalue weighted by molar-refractivity contribution is 7.99. The summed E-state index contributed by atoms with van der Waals surface area (Å²) < 4.78 is 10.3. The Morgan fingerprint density at radius 3 is 2.78 bits per heavy atom. The number of phenolic OH excluding ortho intramolecular Hbond substituents is 1. The molecule has 0 fully saturated rings. The monoisotopic (exact) mass is 332 g/mol. The highest BCUT2D eigenvalue weighted by atomic mass is 32.2. The summed E-state index contributed by atoms with van der Waals surface area (Å²) in [6.45, 7) is 1.74. The van der Waals surface area contributed by atoms with Crippen molar-refractivity contribution in [2.24, 2.45) is 0 Å². The first kappa shape index (κ1) is 15.1. The van der Waals surface area contributed by atoms with Crippen molar-refractivity contribution in [2.45, 2.75) is 12.1 Å². The zero-order chi connectivity index (χ0) is 16.2. The second-order valence-corrected chi connectivity index (χ2v) is 5.51. The van der Waals surface area contributed by atoms with Crippen LogP contribution in [0.4, 0.5) is 5.82 Å². The molecule has 0 bridgehead atoms. The molecule has 118 valence electrons. The van der Waals surface area contributed by atoms with Crippen LogP contribution < -0.4 is 5.32 Å². The van der Waals surface area contributed by atoms with E-state index in [9.17, 15) is 9.90 Å². The SMILES string of the molecule is Cc1cc(NC(=O)CSc2nnc(-c3ccc(O)cc3)o2)no1. The first-order valence-corrected chi connectivity index (χ1v) is 7.57. The number of amides is 1. The van der Waals surface area contributed by atoms with Gasteiger partial charge in [-0.1, -0.05) is 16.9 Å². The highest BCUT2D eigenvalue weighted by Gasteiger charge is 2.12. The number of anilines is 1. The lowest BCUT2D eigenvalue weighted by Gasteiger charge is -1.98. The van der Waals surface area contributed by atoms with E-state index in [4.69, 9.17) is 8.94 Å². The summed E-state index contributed by atoms with van der Waals surface area (Å²) in [6, 6.07) is 8.01. The van der Waals surface area contributed by atoms with E-state index in [-0.39, 0.29) is 22.6 Å². The van der Waals surface area contributed by atoms with Gasteiger partial charge in [-0.3, -0.25) is 4.79 Å². The summed E-state index contributed by atoms with van der Waals surface area (Å²) in [5, 5.41) is 23.6. The van der Waals surface area contributed by atoms with Gasteiger partial charge in [-0.15, -0.1) is 10.2 Å². The molecule has 8 nitrogen and oxygen atoms in total. The minimum atomic E-state index is -0.257. The Morgan fingerprint density at radius 1 is 1.30 bits per heavy atom. The van der Waals surface area contributed by atoms with Gasteiger partial charge >= 0.3 is 0 Å². The summed E-state index contributed by atoms with van der Waals surface area (Å²) in [6.07, 6.45) is 0. The first-order valence-electron chi connectivity index (χ1n) is 6.59. The van der Waals surface area contributed by atoms with Gasteiger partial charge in [0.25, 0.3) is 5.22 Å². The topological polar surface area (TPSA) is 114 Å². The Kier molecular flexibility index (Phi) is 4.29. The van der Waals surface area contributed by atoms with E-state index in [0.29, 0.717) is 23.0 Å². The number of nitrogens with one attached hydrogen (secondary N) is 1. The first-order chi connectivity index (χ1) is 11.1. The molecule has 0 aliphatic carbocycles. The number of aryl methyl sites for hydroxylation is 1. The van der Waals surface area contributed by atoms with Gasteiger partial charge in [0.1, 0.15) is 11.5 Å². The number of phenols is 1. The number of hydrogen-bond donors (Lipinski definition) is 2. The minimum Gasteiger partial charge on any atom is -0.508 e. The highest BCUT2D eigenvalue weighted by Crippen LogP contribution is 2.24. The summed E-state index contributed by atoms with van der Waals surface area (Å²) in [5.74, 6) is 1.30. The average molecular weight is 332 g/mol. The lowest BCUT2D eigenvalue weighted by atomic mass is 10.2. The molecule has 0 saturated heterocycles. The molecular weight excluding hydrogens is 320 g/mol. The average Bonchev–Trinajstić information content (AvgIpc) is 3.15. The summed E-state index contributed by atoms with van der Waals surface area (Å²) in [5.41, 5.74) is 0.685. The Bertz CT molecular complexity index is 812. The van der Waals surface area contributed by atoms with Crippen LogP contribution in [0.25, 0.3) is 11.5 Å². The normalized spacial score (nSPS) is 10.7. The Hall–Kier alpha value is -2.81. The lowest BCUT2D eigenvalue weighted by Crippen LogP contribution is -2.14. The quantitative estimate of drug-likeness (QED) is 0.685. The van der Waals surface area contributed by atoms with Crippen molar-refractivity contribution >= 4 is 23.5 Å². The van der Waals surface area contributed by atoms with Crippen molar-refractivity contribution in [3.8, 4) is 17.2 Å². The van der Waals surface area contributed by atoms with E-state index < -0.39 is 0 Å². The third kappa shape index (κ3) is 3.89. The van der Waals surface area contributed by atoms with Gasteiger partial charge in [0, 0.05) is 11.6 Å². The predicted molar refractivity (Wildman–Crippen MR) is 82.0 cm³/mol. The fourth-order valence-electron chi connectivity index (χ4n) is 1.72. The van der Waals surface area contributed by atoms with Crippen LogP contribution in [0, 0.1) is 6.92 Å². The second kappa shape index (κ2) is 6.53. The fourth-order valence-corrected chi connectivity index (χ4v) is 2.28. The molecule has 2 heterocycles. The molecule has 0 spiro atoms. The predicted octanol–water partition coefficient (Wildman–Crippen LogP) is 2.47. The number of hydrogen-bond acceptors (Lipinski definition) is 8. The standard InChI is InChI=1S/C14H12N4O4S/c1-8-6-11(18-22-8)15-12(20)7-23-14-17-16-13(21-14)9-2-4-10(19)5-3-9/h2-6,19H,7H2,1H3,(H,15,18,20). The van der Waals surface area contributed by atoms with E-state index in [1.165, 1.54) is 12.1 Å². The smallest absolute Gasteiger partial charge is 0.277 e. The van der Waals surface area contributed by atoms with Gasteiger partial charge in [-0.25, -0.2) is 0 Å². The van der Waals surface area contributed by atoms with E-state index in [2.05, 4.69) is 20.7 Å². The third-order valence-corrected chi connectivity index (χ3v) is 3.56. The molecule has 23 heavy (non-hydrogen) atoms. The van der Waals surface area contributed by atoms with Crippen LogP contribution in [0.3, 0.4) is 0 Å². The molecule has 2 N–H and O–H groups in total. The van der Waals surface area contributed by atoms with Crippen LogP contribution in [0.2, 0.25) is 0 Å². The molecule has 9 heteroatoms. The Morgan fingerprint density at radius 2 is 2.09 bits per heavy atom. The van der Waals surface area contributed by atoms with E-state index >= 15 is 0 Å². The van der Waals surface area contributed by atoms with Crippen molar-refractivity contribution in [1.82, 2.24) is 15.4 Å². The number of carbonyl (C=O) groups is 1. The third-order valence-electron chi connectivity index (χ3n) is 2.74. The molecule has 2 aromatic heterocycles. The number of aromatic hydroxyl groups is 1. The fraction of sp³-hybridized carbons (Fsp3) is 0.143. The zero-order valence-electron chi connectivity index (χ0n) is 12.0. The molecule has 0 aliphatic rings. The molecular formula is C14H12N4O4S. The van der Waals surface area contributed by atoms with Crippen LogP contribution in [0.5, 0.6) is 5.75 Å². The van der Waals surface area contributed by atoms with E-state index in [1.807, 2.05) is 0 Å². The maximum Gasteiger partial charge on any atom is 0.277 e. The molecule has 3 aromatic rings. The van der Waals surface area contributed by atoms with Crippen molar-refractivity contribution in [3.63, 3.8) is 0 Å². The van der Waals surface area contributed by atoms with Crippen LogP contribution in [0.1, 0.15) is 5.76 Å². The number of aromatic nitrogens is 3. The molecule has 1 amide bonds. The van der Waals surface area contributed by atoms with Crippen LogP contribution in [-0.2, 0) is 4.79 Å². The maximum atomic E-state index is 11.8. The zero-order valence-corrected chi connectivity index (χ0v) is 12.8. The number of rotatable bonds is 5. The molecule has 3 rings (SSSR count). The van der Waals surface area contributed by atoms with E-state index in [0.717, 1.165) is 11.8 Å². The van der Waals surface area contributed by atoms with Gasteiger partial charge in [0.15, 0.2) is 5.82 Å². The molecule has 0 saturated carbocycles. The summed E-state index contributed by atoms with van der Waals surface area (Å²) in [4.78, 5) is 11.8. The van der Waals surface area contributed by atoms with Crippen molar-refractivity contribution < 1.29 is 18.8 Å². The van der Waals surface area contributed by atoms with Crippen molar-refractivity contribution in [3.05, 3.63) is 36.1 Å². The van der Waals surface area contributed by atoms with Gasteiger partial charge in [0.2, 0.25) is 11.8 Å². The number of thioether (sulfide) groups is 1. The van der Waals surface area contributed by atoms with E-state index in [1.54, 1.807) is 25.1 Å². The summed E-state index contributed by atoms with van der Waals surface area (Å²) >= 11 is 1.11. The van der Waals surface area contributed by atoms with Gasteiger partial charge in [-0.05, 0) is 31.2 Å². The Labute approximate surface area is 134 Å². The van der Waals surface area contributed by atoms with Crippen LogP contribution in [-0.4, -0.2) is 32.1 Å². The van der Waals surface area contributed by atoms with Crippen LogP contribution >= 0.6 is 11.8 Å². The summed E-state index contributed by atoms with van der Waals surface area (Å²) in [7, 11) is 0. The number of nitrogens with zero attached hydrogens (tertiary/aromatic N) is 3. The van der Waals surface area contributed by atoms with Gasteiger partial charge in [-0.2, -0.15) is 0 Å². The lowest BCUT2D eigenvalue weighted by molar-refractivity contribution is -0.113. The van der Waals surface area contributed by atoms with Crippen molar-refractivity contribution in [2.75, 3.05) is 11.1 Å². The van der Waals surface area contributed by atoms with Crippen LogP contribution in [0.15, 0.2) is 44.5 Å². The van der Waals surface area contributed by atoms with Gasteiger partial charge < -0.3 is 19.4 Å². The molecule has 0 aliphatic heterocycles. The molecule has 0 radical (unpaired) electrons.